The highest BCUT2D eigenvalue weighted by molar-refractivity contribution is 5.81. The second-order valence-corrected chi connectivity index (χ2v) is 18.4. The van der Waals surface area contributed by atoms with Crippen molar-refractivity contribution in [2.24, 2.45) is 17.8 Å². The summed E-state index contributed by atoms with van der Waals surface area (Å²) in [5.41, 5.74) is 0. The van der Waals surface area contributed by atoms with Crippen LogP contribution in [0.2, 0.25) is 0 Å². The van der Waals surface area contributed by atoms with Crippen molar-refractivity contribution in [3.63, 3.8) is 0 Å². The van der Waals surface area contributed by atoms with E-state index in [4.69, 9.17) is 37.9 Å². The van der Waals surface area contributed by atoms with E-state index in [2.05, 4.69) is 0 Å². The van der Waals surface area contributed by atoms with Gasteiger partial charge in [0.1, 0.15) is 73.8 Å². The smallest absolute Gasteiger partial charge is 0.330 e. The number of hydrogen-bond acceptors (Lipinski definition) is 22. The summed E-state index contributed by atoms with van der Waals surface area (Å²) in [6.45, 7) is -1.74. The molecule has 0 aromatic carbocycles. The van der Waals surface area contributed by atoms with Gasteiger partial charge in [-0.2, -0.15) is 0 Å². The average molecular weight is 911 g/mol. The summed E-state index contributed by atoms with van der Waals surface area (Å²) in [6.07, 6.45) is -23.8. The number of carbonyl (C=O) groups excluding carboxylic acids is 1. The fraction of sp³-hybridized carbons (Fsp3) is 0.927. The first-order valence-electron chi connectivity index (χ1n) is 22.2. The van der Waals surface area contributed by atoms with Gasteiger partial charge >= 0.3 is 5.97 Å². The molecule has 0 aromatic rings. The molecule has 13 N–H and O–H groups in total. The number of ether oxygens (including phenoxy) is 8. The highest BCUT2D eigenvalue weighted by atomic mass is 16.8. The number of aliphatic hydroxyl groups excluding tert-OH is 13. The van der Waals surface area contributed by atoms with Gasteiger partial charge in [0.2, 0.25) is 0 Å². The second kappa shape index (κ2) is 21.6. The molecule has 4 aliphatic heterocycles. The van der Waals surface area contributed by atoms with Crippen molar-refractivity contribution in [3.8, 4) is 0 Å². The maximum Gasteiger partial charge on any atom is 0.330 e. The molecule has 3 aliphatic carbocycles. The van der Waals surface area contributed by atoms with Crippen LogP contribution in [0.4, 0.5) is 0 Å². The largest absolute Gasteiger partial charge is 0.460 e. The van der Waals surface area contributed by atoms with Crippen molar-refractivity contribution in [2.45, 2.75) is 199 Å². The van der Waals surface area contributed by atoms with E-state index in [0.717, 1.165) is 0 Å². The molecule has 23 atom stereocenters. The van der Waals surface area contributed by atoms with Gasteiger partial charge < -0.3 is 104 Å². The van der Waals surface area contributed by atoms with Gasteiger partial charge in [-0.25, -0.2) is 4.79 Å². The Hall–Kier alpha value is -1.59. The summed E-state index contributed by atoms with van der Waals surface area (Å²) in [5, 5.41) is 138. The maximum atomic E-state index is 12.8. The van der Waals surface area contributed by atoms with E-state index in [9.17, 15) is 71.2 Å². The lowest BCUT2D eigenvalue weighted by Crippen LogP contribution is -2.65. The third kappa shape index (κ3) is 11.4. The molecule has 4 heterocycles. The van der Waals surface area contributed by atoms with Gasteiger partial charge in [-0.05, 0) is 69.6 Å². The second-order valence-electron chi connectivity index (χ2n) is 18.4. The first kappa shape index (κ1) is 49.3. The Bertz CT molecular complexity index is 1480. The maximum absolute atomic E-state index is 12.8. The van der Waals surface area contributed by atoms with Crippen LogP contribution in [-0.2, 0) is 42.7 Å². The van der Waals surface area contributed by atoms with Gasteiger partial charge in [0, 0.05) is 18.4 Å². The third-order valence-corrected chi connectivity index (χ3v) is 13.9. The summed E-state index contributed by atoms with van der Waals surface area (Å²) in [7, 11) is 0. The Morgan fingerprint density at radius 2 is 1.25 bits per heavy atom. The van der Waals surface area contributed by atoms with Gasteiger partial charge in [0.25, 0.3) is 0 Å². The highest BCUT2D eigenvalue weighted by Crippen LogP contribution is 2.45. The quantitative estimate of drug-likeness (QED) is 0.0644. The molecule has 0 amide bonds. The Morgan fingerprint density at radius 1 is 0.571 bits per heavy atom. The molecule has 0 spiro atoms. The standard InChI is InChI=1S/C41H66O22/c42-13-27-31(50)33(52)36(55)40(61-27)59-25-11-19(44)10-24-20(25)12-26(37(58-24)17-4-7-21(45)22(46)9-17)60-41-38(63-39-35(54)30(49)23(47)14-57-39)34(53)32(51)28(62-41)15-56-29(48)8-3-16-1-5-18(43)6-2-16/h3,8,16-28,30-47,49-55H,1-2,4-7,9-15H2. The Balaban J connectivity index is 1.14. The molecule has 0 bridgehead atoms. The van der Waals surface area contributed by atoms with Crippen LogP contribution in [0.3, 0.4) is 0 Å². The molecule has 22 nitrogen and oxygen atoms in total. The van der Waals surface area contributed by atoms with Crippen molar-refractivity contribution >= 4 is 5.97 Å². The van der Waals surface area contributed by atoms with Crippen LogP contribution in [0.15, 0.2) is 12.2 Å². The van der Waals surface area contributed by atoms with Crippen LogP contribution in [0.5, 0.6) is 0 Å². The molecule has 23 unspecified atom stereocenters. The van der Waals surface area contributed by atoms with Crippen LogP contribution in [-0.4, -0.2) is 227 Å². The van der Waals surface area contributed by atoms with E-state index in [0.29, 0.717) is 32.1 Å². The lowest BCUT2D eigenvalue weighted by atomic mass is 9.72. The van der Waals surface area contributed by atoms with Crippen LogP contribution in [0.1, 0.15) is 64.2 Å². The van der Waals surface area contributed by atoms with Gasteiger partial charge in [-0.1, -0.05) is 6.08 Å². The van der Waals surface area contributed by atoms with Crippen molar-refractivity contribution in [1.82, 2.24) is 0 Å². The molecular weight excluding hydrogens is 844 g/mol. The van der Waals surface area contributed by atoms with Gasteiger partial charge in [0.15, 0.2) is 18.9 Å². The van der Waals surface area contributed by atoms with E-state index in [1.807, 2.05) is 0 Å². The van der Waals surface area contributed by atoms with Crippen molar-refractivity contribution in [1.29, 1.82) is 0 Å². The number of rotatable bonds is 12. The van der Waals surface area contributed by atoms with Gasteiger partial charge in [-0.3, -0.25) is 0 Å². The molecule has 7 fully saturated rings. The zero-order chi connectivity index (χ0) is 45.3. The number of esters is 1. The summed E-state index contributed by atoms with van der Waals surface area (Å²) in [6, 6.07) is 0. The minimum Gasteiger partial charge on any atom is -0.460 e. The molecule has 0 aromatic heterocycles. The molecule has 362 valence electrons. The summed E-state index contributed by atoms with van der Waals surface area (Å²) in [4.78, 5) is 12.8. The first-order valence-corrected chi connectivity index (χ1v) is 22.2. The Morgan fingerprint density at radius 3 is 1.97 bits per heavy atom. The van der Waals surface area contributed by atoms with Crippen LogP contribution in [0.25, 0.3) is 0 Å². The lowest BCUT2D eigenvalue weighted by Gasteiger charge is -2.53. The van der Waals surface area contributed by atoms with Crippen molar-refractivity contribution < 1.29 is 109 Å². The molecule has 4 saturated heterocycles. The topological polar surface area (TPSA) is 354 Å². The molecule has 7 rings (SSSR count). The minimum absolute atomic E-state index is 0.00247. The predicted molar refractivity (Wildman–Crippen MR) is 206 cm³/mol. The molecule has 0 radical (unpaired) electrons. The van der Waals surface area contributed by atoms with Crippen LogP contribution in [0, 0.1) is 17.8 Å². The number of aliphatic hydroxyl groups is 13. The van der Waals surface area contributed by atoms with Crippen molar-refractivity contribution in [3.05, 3.63) is 12.2 Å². The molecule has 3 saturated carbocycles. The third-order valence-electron chi connectivity index (χ3n) is 13.9. The number of hydrogen-bond donors (Lipinski definition) is 13. The van der Waals surface area contributed by atoms with Crippen LogP contribution >= 0.6 is 0 Å². The van der Waals surface area contributed by atoms with Crippen molar-refractivity contribution in [2.75, 3.05) is 19.8 Å². The number of fused-ring (bicyclic) bond motifs is 1. The fourth-order valence-electron chi connectivity index (χ4n) is 10.1. The minimum atomic E-state index is -1.87. The SMILES string of the molecule is O=C(C=CC1CCC(O)CC1)OCC1OC(OC2CC3C(OC4OC(CO)C(O)C(O)C4O)CC(O)CC3OC2C2CCC(O)C(O)C2)C(OC2OCC(O)C(O)C2O)C(O)C1O. The summed E-state index contributed by atoms with van der Waals surface area (Å²) < 4.78 is 48.3. The van der Waals surface area contributed by atoms with E-state index in [1.165, 1.54) is 6.08 Å². The van der Waals surface area contributed by atoms with Gasteiger partial charge in [0.05, 0.1) is 62.0 Å². The predicted octanol–water partition coefficient (Wildman–Crippen LogP) is -5.07. The Labute approximate surface area is 363 Å². The van der Waals surface area contributed by atoms with Crippen LogP contribution < -0.4 is 0 Å². The summed E-state index contributed by atoms with van der Waals surface area (Å²) >= 11 is 0. The monoisotopic (exact) mass is 910 g/mol. The fourth-order valence-corrected chi connectivity index (χ4v) is 10.1. The zero-order valence-electron chi connectivity index (χ0n) is 34.8. The molecule has 7 aliphatic rings. The van der Waals surface area contributed by atoms with E-state index < -0.39 is 166 Å². The van der Waals surface area contributed by atoms with E-state index in [1.54, 1.807) is 6.08 Å². The number of carbonyl (C=O) groups is 1. The average Bonchev–Trinajstić information content (AvgIpc) is 3.26. The number of allylic oxidation sites excluding steroid dienone is 1. The van der Waals surface area contributed by atoms with Gasteiger partial charge in [-0.15, -0.1) is 0 Å². The summed E-state index contributed by atoms with van der Waals surface area (Å²) in [5.74, 6) is -1.80. The molecule has 22 heteroatoms. The van der Waals surface area contributed by atoms with E-state index >= 15 is 0 Å². The molecular formula is C41H66O22. The highest BCUT2D eigenvalue weighted by Gasteiger charge is 2.55. The zero-order valence-corrected chi connectivity index (χ0v) is 34.8. The lowest BCUT2D eigenvalue weighted by molar-refractivity contribution is -0.373. The normalized spacial score (nSPS) is 51.1. The van der Waals surface area contributed by atoms with E-state index in [-0.39, 0.29) is 44.1 Å². The Kier molecular flexibility index (Phi) is 16.9. The first-order chi connectivity index (χ1) is 30.0. The molecule has 63 heavy (non-hydrogen) atoms.